The van der Waals surface area contributed by atoms with Crippen molar-refractivity contribution in [2.45, 2.75) is 13.3 Å². The van der Waals surface area contributed by atoms with E-state index in [-0.39, 0.29) is 11.1 Å². The third kappa shape index (κ3) is 2.19. The third-order valence-corrected chi connectivity index (χ3v) is 3.04. The van der Waals surface area contributed by atoms with Gasteiger partial charge in [0, 0.05) is 12.4 Å². The van der Waals surface area contributed by atoms with Crippen LogP contribution in [-0.4, -0.2) is 30.6 Å². The summed E-state index contributed by atoms with van der Waals surface area (Å²) in [6.45, 7) is 2.03. The molecule has 2 rings (SSSR count). The van der Waals surface area contributed by atoms with Crippen LogP contribution >= 0.6 is 0 Å². The predicted molar refractivity (Wildman–Crippen MR) is 69.5 cm³/mol. The zero-order valence-corrected chi connectivity index (χ0v) is 11.1. The molecule has 5 heteroatoms. The number of hydrogen-bond donors (Lipinski definition) is 0. The first kappa shape index (κ1) is 13.1. The number of pyridine rings is 1. The maximum Gasteiger partial charge on any atom is 0.340 e. The maximum atomic E-state index is 11.8. The third-order valence-electron chi connectivity index (χ3n) is 3.04. The van der Waals surface area contributed by atoms with Crippen molar-refractivity contribution >= 4 is 17.5 Å². The number of fused-ring (bicyclic) bond motifs is 1. The van der Waals surface area contributed by atoms with E-state index in [0.29, 0.717) is 5.52 Å². The lowest BCUT2D eigenvalue weighted by Gasteiger charge is -2.02. The predicted octanol–water partition coefficient (Wildman–Crippen LogP) is 2.07. The molecule has 0 atom stereocenters. The van der Waals surface area contributed by atoms with E-state index in [9.17, 15) is 9.59 Å². The zero-order chi connectivity index (χ0) is 14.0. The van der Waals surface area contributed by atoms with Crippen LogP contribution in [0.3, 0.4) is 0 Å². The van der Waals surface area contributed by atoms with E-state index in [0.717, 1.165) is 12.0 Å². The van der Waals surface area contributed by atoms with Gasteiger partial charge in [0.1, 0.15) is 0 Å². The summed E-state index contributed by atoms with van der Waals surface area (Å²) in [6.07, 6.45) is 4.34. The summed E-state index contributed by atoms with van der Waals surface area (Å²) >= 11 is 0. The number of rotatable bonds is 3. The van der Waals surface area contributed by atoms with E-state index >= 15 is 0 Å². The fourth-order valence-corrected chi connectivity index (χ4v) is 2.01. The lowest BCUT2D eigenvalue weighted by Crippen LogP contribution is -2.09. The normalized spacial score (nSPS) is 10.5. The van der Waals surface area contributed by atoms with Crippen LogP contribution in [0.4, 0.5) is 0 Å². The minimum atomic E-state index is -0.554. The molecule has 2 aromatic rings. The SMILES string of the molecule is CCc1ccc2c(C(=O)OC)c(C(=O)OC)cn2c1. The zero-order valence-electron chi connectivity index (χ0n) is 11.1. The lowest BCUT2D eigenvalue weighted by atomic mass is 10.1. The fourth-order valence-electron chi connectivity index (χ4n) is 2.01. The van der Waals surface area contributed by atoms with Gasteiger partial charge in [-0.25, -0.2) is 9.59 Å². The van der Waals surface area contributed by atoms with E-state index in [1.165, 1.54) is 14.2 Å². The summed E-state index contributed by atoms with van der Waals surface area (Å²) in [6, 6.07) is 3.72. The molecule has 0 aliphatic rings. The highest BCUT2D eigenvalue weighted by Gasteiger charge is 2.23. The van der Waals surface area contributed by atoms with Crippen molar-refractivity contribution in [3.63, 3.8) is 0 Å². The van der Waals surface area contributed by atoms with Crippen LogP contribution in [0.1, 0.15) is 33.2 Å². The molecular weight excluding hydrogens is 246 g/mol. The van der Waals surface area contributed by atoms with E-state index in [1.54, 1.807) is 16.7 Å². The molecule has 0 aromatic carbocycles. The number of carbonyl (C=O) groups is 2. The average Bonchev–Trinajstić information content (AvgIpc) is 2.83. The Balaban J connectivity index is 2.72. The summed E-state index contributed by atoms with van der Waals surface area (Å²) < 4.78 is 11.2. The Hall–Kier alpha value is -2.30. The second-order valence-corrected chi connectivity index (χ2v) is 4.08. The molecule has 0 amide bonds. The Morgan fingerprint density at radius 2 is 1.79 bits per heavy atom. The van der Waals surface area contributed by atoms with Gasteiger partial charge in [-0.2, -0.15) is 0 Å². The van der Waals surface area contributed by atoms with Gasteiger partial charge in [0.05, 0.1) is 30.9 Å². The summed E-state index contributed by atoms with van der Waals surface area (Å²) in [5, 5.41) is 0. The first-order valence-electron chi connectivity index (χ1n) is 5.92. The van der Waals surface area contributed by atoms with Crippen molar-refractivity contribution in [3.8, 4) is 0 Å². The summed E-state index contributed by atoms with van der Waals surface area (Å²) in [5.74, 6) is -1.10. The highest BCUT2D eigenvalue weighted by molar-refractivity contribution is 6.08. The number of esters is 2. The van der Waals surface area contributed by atoms with Crippen LogP contribution < -0.4 is 0 Å². The van der Waals surface area contributed by atoms with Crippen molar-refractivity contribution in [2.75, 3.05) is 14.2 Å². The maximum absolute atomic E-state index is 11.8. The number of aromatic nitrogens is 1. The summed E-state index contributed by atoms with van der Waals surface area (Å²) in [4.78, 5) is 23.6. The number of nitrogens with zero attached hydrogens (tertiary/aromatic N) is 1. The van der Waals surface area contributed by atoms with Crippen LogP contribution in [0.15, 0.2) is 24.5 Å². The van der Waals surface area contributed by atoms with Gasteiger partial charge in [0.15, 0.2) is 0 Å². The van der Waals surface area contributed by atoms with Crippen LogP contribution in [0.25, 0.3) is 5.52 Å². The van der Waals surface area contributed by atoms with Crippen LogP contribution in [0, 0.1) is 0 Å². The Morgan fingerprint density at radius 3 is 2.37 bits per heavy atom. The molecule has 0 bridgehead atoms. The van der Waals surface area contributed by atoms with Crippen LogP contribution in [0.5, 0.6) is 0 Å². The monoisotopic (exact) mass is 261 g/mol. The molecule has 0 N–H and O–H groups in total. The van der Waals surface area contributed by atoms with Gasteiger partial charge in [-0.15, -0.1) is 0 Å². The van der Waals surface area contributed by atoms with Crippen LogP contribution in [-0.2, 0) is 15.9 Å². The van der Waals surface area contributed by atoms with E-state index in [4.69, 9.17) is 9.47 Å². The number of carbonyl (C=O) groups excluding carboxylic acids is 2. The molecule has 19 heavy (non-hydrogen) atoms. The molecular formula is C14H15NO4. The number of ether oxygens (including phenoxy) is 2. The van der Waals surface area contributed by atoms with Gasteiger partial charge in [0.2, 0.25) is 0 Å². The van der Waals surface area contributed by atoms with Crippen LogP contribution in [0.2, 0.25) is 0 Å². The topological polar surface area (TPSA) is 57.0 Å². The quantitative estimate of drug-likeness (QED) is 0.794. The van der Waals surface area contributed by atoms with Crippen molar-refractivity contribution in [3.05, 3.63) is 41.2 Å². The largest absolute Gasteiger partial charge is 0.465 e. The van der Waals surface area contributed by atoms with Crippen molar-refractivity contribution in [1.29, 1.82) is 0 Å². The van der Waals surface area contributed by atoms with Crippen molar-refractivity contribution < 1.29 is 19.1 Å². The molecule has 2 heterocycles. The highest BCUT2D eigenvalue weighted by atomic mass is 16.5. The molecule has 0 aliphatic heterocycles. The van der Waals surface area contributed by atoms with Crippen molar-refractivity contribution in [2.24, 2.45) is 0 Å². The minimum absolute atomic E-state index is 0.211. The average molecular weight is 261 g/mol. The second-order valence-electron chi connectivity index (χ2n) is 4.08. The Morgan fingerprint density at radius 1 is 1.11 bits per heavy atom. The molecule has 0 spiro atoms. The van der Waals surface area contributed by atoms with Gasteiger partial charge < -0.3 is 13.9 Å². The summed E-state index contributed by atoms with van der Waals surface area (Å²) in [5.41, 5.74) is 2.18. The molecule has 100 valence electrons. The first-order chi connectivity index (χ1) is 9.12. The molecule has 2 aromatic heterocycles. The molecule has 0 saturated carbocycles. The lowest BCUT2D eigenvalue weighted by molar-refractivity contribution is 0.0558. The minimum Gasteiger partial charge on any atom is -0.465 e. The second kappa shape index (κ2) is 5.14. The van der Waals surface area contributed by atoms with Crippen molar-refractivity contribution in [1.82, 2.24) is 4.40 Å². The Kier molecular flexibility index (Phi) is 3.55. The van der Waals surface area contributed by atoms with Gasteiger partial charge >= 0.3 is 11.9 Å². The first-order valence-corrected chi connectivity index (χ1v) is 5.92. The number of aryl methyl sites for hydroxylation is 1. The van der Waals surface area contributed by atoms with Gasteiger partial charge in [0.25, 0.3) is 0 Å². The smallest absolute Gasteiger partial charge is 0.340 e. The highest BCUT2D eigenvalue weighted by Crippen LogP contribution is 2.21. The number of methoxy groups -OCH3 is 2. The molecule has 0 fully saturated rings. The number of hydrogen-bond acceptors (Lipinski definition) is 4. The van der Waals surface area contributed by atoms with Gasteiger partial charge in [-0.3, -0.25) is 0 Å². The molecule has 5 nitrogen and oxygen atoms in total. The van der Waals surface area contributed by atoms with Gasteiger partial charge in [-0.05, 0) is 18.1 Å². The molecule has 0 radical (unpaired) electrons. The molecule has 0 saturated heterocycles. The van der Waals surface area contributed by atoms with E-state index in [2.05, 4.69) is 0 Å². The standard InChI is InChI=1S/C14H15NO4/c1-4-9-5-6-11-12(14(17)19-3)10(13(16)18-2)8-15(11)7-9/h5-8H,4H2,1-3H3. The fraction of sp³-hybridized carbons (Fsp3) is 0.286. The van der Waals surface area contributed by atoms with E-state index in [1.807, 2.05) is 19.2 Å². The Labute approximate surface area is 110 Å². The molecule has 0 aliphatic carbocycles. The Bertz CT molecular complexity index is 642. The van der Waals surface area contributed by atoms with Gasteiger partial charge in [-0.1, -0.05) is 13.0 Å². The summed E-state index contributed by atoms with van der Waals surface area (Å²) in [7, 11) is 2.57. The molecule has 0 unspecified atom stereocenters. The van der Waals surface area contributed by atoms with E-state index < -0.39 is 11.9 Å².